The van der Waals surface area contributed by atoms with E-state index in [0.717, 1.165) is 21.3 Å². The Labute approximate surface area is 129 Å². The maximum atomic E-state index is 13.0. The monoisotopic (exact) mass is 343 g/mol. The molecule has 0 aliphatic heterocycles. The van der Waals surface area contributed by atoms with E-state index in [1.54, 1.807) is 12.1 Å². The molecule has 0 atom stereocenters. The van der Waals surface area contributed by atoms with Crippen molar-refractivity contribution in [2.45, 2.75) is 0 Å². The molecule has 104 valence electrons. The van der Waals surface area contributed by atoms with Crippen LogP contribution in [0, 0.1) is 5.82 Å². The number of hydrogen-bond donors (Lipinski definition) is 1. The van der Waals surface area contributed by atoms with Gasteiger partial charge in [-0.2, -0.15) is 0 Å². The highest BCUT2D eigenvalue weighted by molar-refractivity contribution is 9.10. The first kappa shape index (κ1) is 13.7. The SMILES string of the molecule is Nc1nc(-c2ccc(F)cc2)cc(-c2cccc(Br)c2)n1. The first-order chi connectivity index (χ1) is 10.1. The summed E-state index contributed by atoms with van der Waals surface area (Å²) >= 11 is 3.43. The molecule has 2 aromatic carbocycles. The van der Waals surface area contributed by atoms with Crippen LogP contribution < -0.4 is 5.73 Å². The summed E-state index contributed by atoms with van der Waals surface area (Å²) in [6.45, 7) is 0. The van der Waals surface area contributed by atoms with Crippen LogP contribution in [-0.4, -0.2) is 9.97 Å². The molecule has 0 bridgehead atoms. The van der Waals surface area contributed by atoms with Crippen molar-refractivity contribution >= 4 is 21.9 Å². The molecule has 0 radical (unpaired) electrons. The van der Waals surface area contributed by atoms with Gasteiger partial charge in [-0.3, -0.25) is 0 Å². The minimum atomic E-state index is -0.284. The van der Waals surface area contributed by atoms with Gasteiger partial charge in [0.1, 0.15) is 5.82 Å². The lowest BCUT2D eigenvalue weighted by molar-refractivity contribution is 0.628. The van der Waals surface area contributed by atoms with Crippen molar-refractivity contribution in [3.05, 3.63) is 64.9 Å². The topological polar surface area (TPSA) is 51.8 Å². The van der Waals surface area contributed by atoms with Gasteiger partial charge >= 0.3 is 0 Å². The minimum Gasteiger partial charge on any atom is -0.368 e. The third kappa shape index (κ3) is 3.08. The van der Waals surface area contributed by atoms with Crippen molar-refractivity contribution in [2.75, 3.05) is 5.73 Å². The van der Waals surface area contributed by atoms with Crippen LogP contribution in [0.5, 0.6) is 0 Å². The zero-order valence-corrected chi connectivity index (χ0v) is 12.5. The fourth-order valence-corrected chi connectivity index (χ4v) is 2.43. The lowest BCUT2D eigenvalue weighted by Crippen LogP contribution is -1.98. The number of benzene rings is 2. The Hall–Kier alpha value is -2.27. The standard InChI is InChI=1S/C16H11BrFN3/c17-12-3-1-2-11(8-12)15-9-14(20-16(19)21-15)10-4-6-13(18)7-5-10/h1-9H,(H2,19,20,21). The number of nitrogens with zero attached hydrogens (tertiary/aromatic N) is 2. The van der Waals surface area contributed by atoms with Crippen LogP contribution in [0.25, 0.3) is 22.5 Å². The van der Waals surface area contributed by atoms with Crippen molar-refractivity contribution < 1.29 is 4.39 Å². The summed E-state index contributed by atoms with van der Waals surface area (Å²) in [5.41, 5.74) is 8.91. The van der Waals surface area contributed by atoms with E-state index in [-0.39, 0.29) is 11.8 Å². The normalized spacial score (nSPS) is 10.6. The summed E-state index contributed by atoms with van der Waals surface area (Å²) in [6, 6.07) is 15.7. The number of rotatable bonds is 2. The van der Waals surface area contributed by atoms with Gasteiger partial charge < -0.3 is 5.73 Å². The average Bonchev–Trinajstić information content (AvgIpc) is 2.47. The summed E-state index contributed by atoms with van der Waals surface area (Å²) < 4.78 is 14.0. The number of aromatic nitrogens is 2. The molecule has 5 heteroatoms. The molecule has 0 spiro atoms. The number of anilines is 1. The quantitative estimate of drug-likeness (QED) is 0.754. The molecule has 2 N–H and O–H groups in total. The van der Waals surface area contributed by atoms with Gasteiger partial charge in [0.05, 0.1) is 11.4 Å². The first-order valence-electron chi connectivity index (χ1n) is 6.28. The maximum absolute atomic E-state index is 13.0. The Balaban J connectivity index is 2.10. The molecule has 0 saturated carbocycles. The molecule has 0 fully saturated rings. The van der Waals surface area contributed by atoms with Gasteiger partial charge in [-0.1, -0.05) is 28.1 Å². The molecule has 3 nitrogen and oxygen atoms in total. The minimum absolute atomic E-state index is 0.187. The molecule has 3 aromatic rings. The molecule has 0 amide bonds. The highest BCUT2D eigenvalue weighted by Crippen LogP contribution is 2.26. The lowest BCUT2D eigenvalue weighted by atomic mass is 10.1. The lowest BCUT2D eigenvalue weighted by Gasteiger charge is -2.07. The van der Waals surface area contributed by atoms with Crippen LogP contribution in [0.4, 0.5) is 10.3 Å². The van der Waals surface area contributed by atoms with Crippen LogP contribution in [0.2, 0.25) is 0 Å². The zero-order valence-electron chi connectivity index (χ0n) is 10.9. The van der Waals surface area contributed by atoms with Crippen LogP contribution >= 0.6 is 15.9 Å². The van der Waals surface area contributed by atoms with Gasteiger partial charge in [0.2, 0.25) is 5.95 Å². The molecule has 0 saturated heterocycles. The Morgan fingerprint density at radius 1 is 0.857 bits per heavy atom. The van der Waals surface area contributed by atoms with E-state index in [2.05, 4.69) is 25.9 Å². The molecule has 1 heterocycles. The highest BCUT2D eigenvalue weighted by Gasteiger charge is 2.07. The Morgan fingerprint density at radius 2 is 1.52 bits per heavy atom. The summed E-state index contributed by atoms with van der Waals surface area (Å²) in [5.74, 6) is -0.0974. The summed E-state index contributed by atoms with van der Waals surface area (Å²) in [4.78, 5) is 8.47. The van der Waals surface area contributed by atoms with Crippen molar-refractivity contribution in [1.29, 1.82) is 0 Å². The molecule has 0 unspecified atom stereocenters. The van der Waals surface area contributed by atoms with Crippen molar-refractivity contribution in [1.82, 2.24) is 9.97 Å². The number of nitrogen functional groups attached to an aromatic ring is 1. The predicted molar refractivity (Wildman–Crippen MR) is 85.0 cm³/mol. The molecular weight excluding hydrogens is 333 g/mol. The first-order valence-corrected chi connectivity index (χ1v) is 7.07. The van der Waals surface area contributed by atoms with Gasteiger partial charge in [-0.05, 0) is 42.5 Å². The number of hydrogen-bond acceptors (Lipinski definition) is 3. The van der Waals surface area contributed by atoms with Gasteiger partial charge in [0.25, 0.3) is 0 Å². The van der Waals surface area contributed by atoms with Gasteiger partial charge in [-0.25, -0.2) is 14.4 Å². The van der Waals surface area contributed by atoms with Gasteiger partial charge in [0, 0.05) is 15.6 Å². The Kier molecular flexibility index (Phi) is 3.66. The van der Waals surface area contributed by atoms with E-state index < -0.39 is 0 Å². The van der Waals surface area contributed by atoms with Gasteiger partial charge in [0.15, 0.2) is 0 Å². The van der Waals surface area contributed by atoms with Crippen LogP contribution in [-0.2, 0) is 0 Å². The predicted octanol–water partition coefficient (Wildman–Crippen LogP) is 4.29. The van der Waals surface area contributed by atoms with E-state index >= 15 is 0 Å². The van der Waals surface area contributed by atoms with Crippen molar-refractivity contribution in [2.24, 2.45) is 0 Å². The molecule has 21 heavy (non-hydrogen) atoms. The van der Waals surface area contributed by atoms with E-state index in [4.69, 9.17) is 5.73 Å². The van der Waals surface area contributed by atoms with E-state index in [0.29, 0.717) is 5.69 Å². The largest absolute Gasteiger partial charge is 0.368 e. The Bertz CT molecular complexity index is 788. The molecule has 3 rings (SSSR count). The molecule has 0 aliphatic rings. The maximum Gasteiger partial charge on any atom is 0.221 e. The van der Waals surface area contributed by atoms with E-state index in [1.807, 2.05) is 30.3 Å². The van der Waals surface area contributed by atoms with Crippen LogP contribution in [0.3, 0.4) is 0 Å². The Morgan fingerprint density at radius 3 is 2.19 bits per heavy atom. The summed E-state index contributed by atoms with van der Waals surface area (Å²) in [5, 5.41) is 0. The third-order valence-corrected chi connectivity index (χ3v) is 3.50. The molecule has 0 aliphatic carbocycles. The van der Waals surface area contributed by atoms with Crippen LogP contribution in [0.15, 0.2) is 59.1 Å². The summed E-state index contributed by atoms with van der Waals surface area (Å²) in [7, 11) is 0. The average molecular weight is 344 g/mol. The molecule has 1 aromatic heterocycles. The van der Waals surface area contributed by atoms with Crippen LogP contribution in [0.1, 0.15) is 0 Å². The second-order valence-corrected chi connectivity index (χ2v) is 5.43. The van der Waals surface area contributed by atoms with E-state index in [9.17, 15) is 4.39 Å². The smallest absolute Gasteiger partial charge is 0.221 e. The number of nitrogens with two attached hydrogens (primary N) is 1. The molecular formula is C16H11BrFN3. The van der Waals surface area contributed by atoms with Crippen molar-refractivity contribution in [3.63, 3.8) is 0 Å². The fraction of sp³-hybridized carbons (Fsp3) is 0. The summed E-state index contributed by atoms with van der Waals surface area (Å²) in [6.07, 6.45) is 0. The third-order valence-electron chi connectivity index (χ3n) is 3.00. The fourth-order valence-electron chi connectivity index (χ4n) is 2.03. The second-order valence-electron chi connectivity index (χ2n) is 4.51. The highest BCUT2D eigenvalue weighted by atomic mass is 79.9. The van der Waals surface area contributed by atoms with E-state index in [1.165, 1.54) is 12.1 Å². The zero-order chi connectivity index (χ0) is 14.8. The van der Waals surface area contributed by atoms with Gasteiger partial charge in [-0.15, -0.1) is 0 Å². The van der Waals surface area contributed by atoms with Crippen molar-refractivity contribution in [3.8, 4) is 22.5 Å². The number of halogens is 2. The second kappa shape index (κ2) is 5.61.